The van der Waals surface area contributed by atoms with E-state index in [1.165, 1.54) is 69.1 Å². The number of rotatable bonds is 9. The lowest BCUT2D eigenvalue weighted by molar-refractivity contribution is -0.282. The molecule has 0 aromatic heterocycles. The molecule has 4 rings (SSSR count). The first-order valence-electron chi connectivity index (χ1n) is 13.7. The molecule has 1 unspecified atom stereocenters. The lowest BCUT2D eigenvalue weighted by Gasteiger charge is -2.28. The van der Waals surface area contributed by atoms with Crippen molar-refractivity contribution in [1.29, 1.82) is 0 Å². The highest BCUT2D eigenvalue weighted by Gasteiger charge is 2.42. The van der Waals surface area contributed by atoms with E-state index in [-0.39, 0.29) is 12.2 Å². The second-order valence-corrected chi connectivity index (χ2v) is 11.1. The summed E-state index contributed by atoms with van der Waals surface area (Å²) < 4.78 is 48.7. The minimum atomic E-state index is -3.88. The Balaban J connectivity index is 1.28. The zero-order chi connectivity index (χ0) is 24.8. The van der Waals surface area contributed by atoms with Gasteiger partial charge < -0.3 is 4.74 Å². The smallest absolute Gasteiger partial charge is 0.313 e. The van der Waals surface area contributed by atoms with Crippen LogP contribution < -0.4 is 0 Å². The average molecular weight is 487 g/mol. The summed E-state index contributed by atoms with van der Waals surface area (Å²) in [4.78, 5) is 0. The summed E-state index contributed by atoms with van der Waals surface area (Å²) in [5.74, 6) is 2.60. The van der Waals surface area contributed by atoms with Crippen LogP contribution in [0.15, 0.2) is 48.5 Å². The average Bonchev–Trinajstić information content (AvgIpc) is 2.89. The van der Waals surface area contributed by atoms with Crippen LogP contribution in [0.4, 0.5) is 13.2 Å². The van der Waals surface area contributed by atoms with Crippen molar-refractivity contribution >= 4 is 0 Å². The second kappa shape index (κ2) is 12.0. The molecule has 1 nitrogen and oxygen atoms in total. The van der Waals surface area contributed by atoms with E-state index in [0.29, 0.717) is 17.4 Å². The van der Waals surface area contributed by atoms with Gasteiger partial charge in [0, 0.05) is 0 Å². The van der Waals surface area contributed by atoms with Crippen molar-refractivity contribution in [1.82, 2.24) is 0 Å². The number of hydrogen-bond donors (Lipinski definition) is 0. The lowest BCUT2D eigenvalue weighted by Crippen LogP contribution is -2.27. The van der Waals surface area contributed by atoms with E-state index in [9.17, 15) is 13.2 Å². The van der Waals surface area contributed by atoms with E-state index >= 15 is 0 Å². The quantitative estimate of drug-likeness (QED) is 0.343. The standard InChI is InChI=1S/C31H41F3O/c1-3-4-23-7-13-26(14-8-23)27-15-9-24(10-16-27)21-35-31(33,34)30(32)29-19-17-28(18-20-29)25-11-5-22(2)6-12-25/h9-10,15-20,22-23,25-26,30H,3-8,11-14,21H2,1-2H3. The zero-order valence-electron chi connectivity index (χ0n) is 21.3. The Morgan fingerprint density at radius 3 is 1.86 bits per heavy atom. The molecule has 0 amide bonds. The van der Waals surface area contributed by atoms with Crippen molar-refractivity contribution < 1.29 is 17.9 Å². The van der Waals surface area contributed by atoms with Gasteiger partial charge in [0.2, 0.25) is 6.17 Å². The summed E-state index contributed by atoms with van der Waals surface area (Å²) in [7, 11) is 0. The van der Waals surface area contributed by atoms with Gasteiger partial charge in [0.25, 0.3) is 0 Å². The molecule has 0 heterocycles. The van der Waals surface area contributed by atoms with Crippen molar-refractivity contribution in [2.75, 3.05) is 0 Å². The highest BCUT2D eigenvalue weighted by atomic mass is 19.3. The highest BCUT2D eigenvalue weighted by molar-refractivity contribution is 5.28. The first-order chi connectivity index (χ1) is 16.9. The largest absolute Gasteiger partial charge is 0.391 e. The Kier molecular flexibility index (Phi) is 8.97. The number of ether oxygens (including phenoxy) is 1. The maximum absolute atomic E-state index is 14.8. The van der Waals surface area contributed by atoms with Gasteiger partial charge in [-0.15, -0.1) is 0 Å². The molecule has 2 aromatic rings. The van der Waals surface area contributed by atoms with Crippen LogP contribution in [0.25, 0.3) is 0 Å². The first-order valence-corrected chi connectivity index (χ1v) is 13.7. The molecule has 2 aliphatic rings. The molecule has 2 fully saturated rings. The van der Waals surface area contributed by atoms with Gasteiger partial charge in [0.05, 0.1) is 6.61 Å². The summed E-state index contributed by atoms with van der Waals surface area (Å²) in [5, 5.41) is 0. The third kappa shape index (κ3) is 6.90. The molecular weight excluding hydrogens is 445 g/mol. The molecule has 1 atom stereocenters. The molecule has 2 aromatic carbocycles. The molecule has 2 aliphatic carbocycles. The molecular formula is C31H41F3O. The van der Waals surface area contributed by atoms with Crippen LogP contribution >= 0.6 is 0 Å². The van der Waals surface area contributed by atoms with Crippen LogP contribution in [0.1, 0.15) is 118 Å². The van der Waals surface area contributed by atoms with Gasteiger partial charge in [-0.1, -0.05) is 88.1 Å². The fraction of sp³-hybridized carbons (Fsp3) is 0.613. The number of hydrogen-bond acceptors (Lipinski definition) is 1. The van der Waals surface area contributed by atoms with E-state index in [1.807, 2.05) is 36.4 Å². The maximum Gasteiger partial charge on any atom is 0.391 e. The number of benzene rings is 2. The summed E-state index contributed by atoms with van der Waals surface area (Å²) >= 11 is 0. The van der Waals surface area contributed by atoms with Gasteiger partial charge in [0.1, 0.15) is 0 Å². The minimum Gasteiger partial charge on any atom is -0.313 e. The van der Waals surface area contributed by atoms with E-state index < -0.39 is 12.3 Å². The van der Waals surface area contributed by atoms with Crippen LogP contribution in [0.2, 0.25) is 0 Å². The van der Waals surface area contributed by atoms with Crippen molar-refractivity contribution in [3.8, 4) is 0 Å². The summed E-state index contributed by atoms with van der Waals surface area (Å²) in [6.07, 6.45) is 5.73. The predicted molar refractivity (Wildman–Crippen MR) is 136 cm³/mol. The molecule has 35 heavy (non-hydrogen) atoms. The maximum atomic E-state index is 14.8. The molecule has 0 spiro atoms. The Hall–Kier alpha value is -1.81. The Labute approximate surface area is 209 Å². The summed E-state index contributed by atoms with van der Waals surface area (Å²) in [5.41, 5.74) is 3.00. The first kappa shape index (κ1) is 26.3. The van der Waals surface area contributed by atoms with Crippen LogP contribution in [0, 0.1) is 11.8 Å². The van der Waals surface area contributed by atoms with Crippen molar-refractivity contribution in [2.45, 2.75) is 109 Å². The summed E-state index contributed by atoms with van der Waals surface area (Å²) in [6, 6.07) is 14.4. The second-order valence-electron chi connectivity index (χ2n) is 11.1. The lowest BCUT2D eigenvalue weighted by atomic mass is 9.77. The van der Waals surface area contributed by atoms with E-state index in [2.05, 4.69) is 13.8 Å². The molecule has 0 aliphatic heterocycles. The molecule has 0 N–H and O–H groups in total. The topological polar surface area (TPSA) is 9.23 Å². The zero-order valence-corrected chi connectivity index (χ0v) is 21.3. The van der Waals surface area contributed by atoms with Gasteiger partial charge in [-0.05, 0) is 84.5 Å². The van der Waals surface area contributed by atoms with Crippen LogP contribution in [-0.2, 0) is 11.3 Å². The molecule has 192 valence electrons. The van der Waals surface area contributed by atoms with Crippen LogP contribution in [0.3, 0.4) is 0 Å². The Bertz CT molecular complexity index is 892. The molecule has 2 saturated carbocycles. The van der Waals surface area contributed by atoms with Gasteiger partial charge in [-0.2, -0.15) is 8.78 Å². The predicted octanol–water partition coefficient (Wildman–Crippen LogP) is 9.87. The minimum absolute atomic E-state index is 0.0306. The van der Waals surface area contributed by atoms with E-state index in [1.54, 1.807) is 0 Å². The Morgan fingerprint density at radius 2 is 1.31 bits per heavy atom. The van der Waals surface area contributed by atoms with Gasteiger partial charge in [0.15, 0.2) is 0 Å². The van der Waals surface area contributed by atoms with Gasteiger partial charge in [-0.25, -0.2) is 4.39 Å². The van der Waals surface area contributed by atoms with Crippen LogP contribution in [-0.4, -0.2) is 6.11 Å². The monoisotopic (exact) mass is 486 g/mol. The van der Waals surface area contributed by atoms with Crippen molar-refractivity contribution in [3.63, 3.8) is 0 Å². The van der Waals surface area contributed by atoms with Crippen molar-refractivity contribution in [2.24, 2.45) is 11.8 Å². The van der Waals surface area contributed by atoms with E-state index in [4.69, 9.17) is 4.74 Å². The third-order valence-corrected chi connectivity index (χ3v) is 8.44. The molecule has 0 saturated heterocycles. The fourth-order valence-electron chi connectivity index (χ4n) is 6.06. The van der Waals surface area contributed by atoms with Crippen LogP contribution in [0.5, 0.6) is 0 Å². The van der Waals surface area contributed by atoms with Crippen molar-refractivity contribution in [3.05, 3.63) is 70.8 Å². The van der Waals surface area contributed by atoms with Gasteiger partial charge in [-0.3, -0.25) is 0 Å². The molecule has 0 bridgehead atoms. The Morgan fingerprint density at radius 1 is 0.800 bits per heavy atom. The molecule has 4 heteroatoms. The van der Waals surface area contributed by atoms with Gasteiger partial charge >= 0.3 is 6.11 Å². The number of alkyl halides is 3. The third-order valence-electron chi connectivity index (χ3n) is 8.44. The number of halogens is 3. The van der Waals surface area contributed by atoms with E-state index in [0.717, 1.165) is 30.2 Å². The summed E-state index contributed by atoms with van der Waals surface area (Å²) in [6.45, 7) is 4.20. The normalized spacial score (nSPS) is 26.4. The fourth-order valence-corrected chi connectivity index (χ4v) is 6.06. The highest BCUT2D eigenvalue weighted by Crippen LogP contribution is 2.40. The SMILES string of the molecule is CCCC1CCC(c2ccc(COC(F)(F)C(F)c3ccc(C4CCC(C)CC4)cc3)cc2)CC1. The molecule has 0 radical (unpaired) electrons.